The number of sulfonamides is 1. The number of aryl methyl sites for hydroxylation is 2. The van der Waals surface area contributed by atoms with Gasteiger partial charge < -0.3 is 19.7 Å². The molecule has 2 fully saturated rings. The van der Waals surface area contributed by atoms with E-state index in [1.54, 1.807) is 18.2 Å². The smallest absolute Gasteiger partial charge is 0.407 e. The molecule has 12 heteroatoms. The van der Waals surface area contributed by atoms with Crippen LogP contribution < -0.4 is 14.8 Å². The van der Waals surface area contributed by atoms with Gasteiger partial charge in [0.15, 0.2) is 0 Å². The van der Waals surface area contributed by atoms with Crippen molar-refractivity contribution >= 4 is 28.0 Å². The lowest BCUT2D eigenvalue weighted by Gasteiger charge is -2.46. The summed E-state index contributed by atoms with van der Waals surface area (Å²) in [5.74, 6) is 0.488. The number of carbonyl (C=O) groups is 2. The summed E-state index contributed by atoms with van der Waals surface area (Å²) in [4.78, 5) is 37.8. The molecule has 2 amide bonds. The normalized spacial score (nSPS) is 22.4. The topological polar surface area (TPSA) is 140 Å². The number of amides is 2. The number of benzene rings is 2. The molecule has 1 atom stereocenters. The van der Waals surface area contributed by atoms with E-state index in [0.717, 1.165) is 29.5 Å². The minimum atomic E-state index is -4.17. The molecule has 2 N–H and O–H groups in total. The number of anilines is 1. The lowest BCUT2D eigenvalue weighted by molar-refractivity contribution is -0.0274. The standard InChI is InChI=1S/C37H47N5O6S/c1-23(2)16-29-22-47-33-20-32(34-24(3)10-8-11-25(34)4)39-36(40-33)41-49(45,46)31-15-9-14-27(17-31)35(43)42(29)28-18-30(19-28)48-37(44)38-21-26-12-6-5-7-13-26/h8-11,14-15,17,20,23,26,28-30H,5-7,12-13,16,18-19,21-22H2,1-4H3,(H,38,44)(H,39,40,41)/t28-,29-,30-/m1/s1. The Kier molecular flexibility index (Phi) is 10.4. The predicted octanol–water partition coefficient (Wildman–Crippen LogP) is 6.65. The summed E-state index contributed by atoms with van der Waals surface area (Å²) < 4.78 is 41.9. The molecule has 0 unspecified atom stereocenters. The van der Waals surface area contributed by atoms with Gasteiger partial charge in [0, 0.05) is 42.6 Å². The molecule has 11 nitrogen and oxygen atoms in total. The Morgan fingerprint density at radius 2 is 1.76 bits per heavy atom. The van der Waals surface area contributed by atoms with Gasteiger partial charge in [-0.25, -0.2) is 22.9 Å². The van der Waals surface area contributed by atoms with Crippen molar-refractivity contribution in [2.24, 2.45) is 11.8 Å². The van der Waals surface area contributed by atoms with Gasteiger partial charge in [0.05, 0.1) is 16.6 Å². The summed E-state index contributed by atoms with van der Waals surface area (Å²) >= 11 is 0. The van der Waals surface area contributed by atoms with Gasteiger partial charge in [-0.1, -0.05) is 57.4 Å². The minimum absolute atomic E-state index is 0.0778. The SMILES string of the molecule is Cc1cccc(C)c1-c1cc2nc(n1)NS(=O)(=O)c1cccc(c1)C(=O)N([C@H]1C[C@H](OC(=O)NCC3CCCCC3)C1)[C@H](CC(C)C)CO2. The maximum absolute atomic E-state index is 14.4. The molecule has 3 aromatic rings. The van der Waals surface area contributed by atoms with Crippen LogP contribution in [0.2, 0.25) is 0 Å². The number of aromatic nitrogens is 2. The number of fused-ring (bicyclic) bond motifs is 4. The third-order valence-electron chi connectivity index (χ3n) is 9.85. The van der Waals surface area contributed by atoms with E-state index in [-0.39, 0.29) is 58.9 Å². The molecule has 0 saturated heterocycles. The Hall–Kier alpha value is -4.19. The van der Waals surface area contributed by atoms with Crippen LogP contribution in [0.3, 0.4) is 0 Å². The quantitative estimate of drug-likeness (QED) is 0.281. The lowest BCUT2D eigenvalue weighted by atomic mass is 9.85. The number of nitrogens with zero attached hydrogens (tertiary/aromatic N) is 3. The summed E-state index contributed by atoms with van der Waals surface area (Å²) in [7, 11) is -4.17. The van der Waals surface area contributed by atoms with Gasteiger partial charge in [-0.15, -0.1) is 0 Å². The second-order valence-electron chi connectivity index (χ2n) is 14.2. The highest BCUT2D eigenvalue weighted by atomic mass is 32.2. The molecule has 49 heavy (non-hydrogen) atoms. The van der Waals surface area contributed by atoms with Crippen LogP contribution in [0.25, 0.3) is 11.3 Å². The summed E-state index contributed by atoms with van der Waals surface area (Å²) in [6, 6.07) is 13.1. The molecule has 2 aromatic carbocycles. The molecular weight excluding hydrogens is 643 g/mol. The molecule has 3 aliphatic rings. The molecule has 2 aliphatic carbocycles. The van der Waals surface area contributed by atoms with Crippen molar-refractivity contribution in [3.63, 3.8) is 0 Å². The minimum Gasteiger partial charge on any atom is -0.475 e. The second-order valence-corrected chi connectivity index (χ2v) is 15.8. The summed E-state index contributed by atoms with van der Waals surface area (Å²) in [6.07, 6.45) is 6.76. The zero-order chi connectivity index (χ0) is 34.7. The number of carbonyl (C=O) groups excluding carboxylic acids is 2. The van der Waals surface area contributed by atoms with Crippen molar-refractivity contribution in [1.29, 1.82) is 0 Å². The first kappa shape index (κ1) is 34.7. The van der Waals surface area contributed by atoms with E-state index in [0.29, 0.717) is 37.4 Å². The average Bonchev–Trinajstić information content (AvgIpc) is 3.04. The van der Waals surface area contributed by atoms with Crippen molar-refractivity contribution < 1.29 is 27.5 Å². The molecule has 1 aromatic heterocycles. The first-order chi connectivity index (χ1) is 23.5. The third kappa shape index (κ3) is 8.17. The van der Waals surface area contributed by atoms with Gasteiger partial charge in [-0.05, 0) is 74.3 Å². The van der Waals surface area contributed by atoms with E-state index in [4.69, 9.17) is 9.47 Å². The number of nitrogens with one attached hydrogen (secondary N) is 2. The van der Waals surface area contributed by atoms with E-state index in [2.05, 4.69) is 33.9 Å². The highest BCUT2D eigenvalue weighted by molar-refractivity contribution is 7.92. The molecule has 0 radical (unpaired) electrons. The van der Waals surface area contributed by atoms with E-state index in [1.807, 2.05) is 36.9 Å². The predicted molar refractivity (Wildman–Crippen MR) is 187 cm³/mol. The Balaban J connectivity index is 1.29. The lowest BCUT2D eigenvalue weighted by Crippen LogP contribution is -2.57. The Bertz CT molecular complexity index is 1770. The van der Waals surface area contributed by atoms with E-state index in [9.17, 15) is 18.0 Å². The Morgan fingerprint density at radius 3 is 2.47 bits per heavy atom. The van der Waals surface area contributed by atoms with Crippen LogP contribution >= 0.6 is 0 Å². The van der Waals surface area contributed by atoms with E-state index >= 15 is 0 Å². The van der Waals surface area contributed by atoms with Crippen molar-refractivity contribution in [3.05, 3.63) is 65.2 Å². The number of ether oxygens (including phenoxy) is 2. The highest BCUT2D eigenvalue weighted by Crippen LogP contribution is 2.35. The van der Waals surface area contributed by atoms with Crippen molar-refractivity contribution in [2.75, 3.05) is 17.9 Å². The highest BCUT2D eigenvalue weighted by Gasteiger charge is 2.42. The first-order valence-electron chi connectivity index (χ1n) is 17.5. The number of hydrogen-bond donors (Lipinski definition) is 2. The van der Waals surface area contributed by atoms with Gasteiger partial charge in [0.1, 0.15) is 12.7 Å². The van der Waals surface area contributed by atoms with Crippen LogP contribution in [0, 0.1) is 25.7 Å². The zero-order valence-corrected chi connectivity index (χ0v) is 29.6. The fourth-order valence-electron chi connectivity index (χ4n) is 7.31. The molecular formula is C37H47N5O6S. The molecule has 2 saturated carbocycles. The second kappa shape index (κ2) is 14.7. The van der Waals surface area contributed by atoms with Crippen molar-refractivity contribution in [2.45, 2.75) is 102 Å². The van der Waals surface area contributed by atoms with Crippen molar-refractivity contribution in [1.82, 2.24) is 20.2 Å². The van der Waals surface area contributed by atoms with Gasteiger partial charge in [-0.2, -0.15) is 4.98 Å². The summed E-state index contributed by atoms with van der Waals surface area (Å²) in [6.45, 7) is 8.88. The maximum Gasteiger partial charge on any atom is 0.407 e. The van der Waals surface area contributed by atoms with Crippen LogP contribution in [-0.2, 0) is 14.8 Å². The molecule has 2 heterocycles. The van der Waals surface area contributed by atoms with Crippen LogP contribution in [0.15, 0.2) is 53.4 Å². The average molecular weight is 690 g/mol. The fraction of sp³-hybridized carbons (Fsp3) is 0.514. The van der Waals surface area contributed by atoms with Gasteiger partial charge >= 0.3 is 6.09 Å². The fourth-order valence-corrected chi connectivity index (χ4v) is 8.30. The maximum atomic E-state index is 14.4. The number of rotatable bonds is 7. The zero-order valence-electron chi connectivity index (χ0n) is 28.8. The largest absolute Gasteiger partial charge is 0.475 e. The molecule has 6 rings (SSSR count). The van der Waals surface area contributed by atoms with Crippen LogP contribution in [0.4, 0.5) is 10.7 Å². The summed E-state index contributed by atoms with van der Waals surface area (Å²) in [5.41, 5.74) is 3.58. The molecule has 0 spiro atoms. The van der Waals surface area contributed by atoms with Crippen LogP contribution in [-0.4, -0.2) is 66.6 Å². The third-order valence-corrected chi connectivity index (χ3v) is 11.2. The van der Waals surface area contributed by atoms with E-state index < -0.39 is 16.1 Å². The van der Waals surface area contributed by atoms with Crippen LogP contribution in [0.5, 0.6) is 5.88 Å². The van der Waals surface area contributed by atoms with E-state index in [1.165, 1.54) is 31.4 Å². The molecule has 4 bridgehead atoms. The molecule has 262 valence electrons. The van der Waals surface area contributed by atoms with Gasteiger partial charge in [0.2, 0.25) is 11.8 Å². The van der Waals surface area contributed by atoms with Crippen molar-refractivity contribution in [3.8, 4) is 17.1 Å². The summed E-state index contributed by atoms with van der Waals surface area (Å²) in [5, 5.41) is 2.94. The first-order valence-corrected chi connectivity index (χ1v) is 18.9. The van der Waals surface area contributed by atoms with Crippen LogP contribution in [0.1, 0.15) is 86.7 Å². The monoisotopic (exact) mass is 689 g/mol. The van der Waals surface area contributed by atoms with Gasteiger partial charge in [0.25, 0.3) is 15.9 Å². The Labute approximate surface area is 289 Å². The number of alkyl carbamates (subject to hydrolysis) is 1. The Morgan fingerprint density at radius 1 is 1.04 bits per heavy atom. The number of hydrogen-bond acceptors (Lipinski definition) is 8. The molecule has 1 aliphatic heterocycles. The van der Waals surface area contributed by atoms with Gasteiger partial charge in [-0.3, -0.25) is 4.79 Å².